The fraction of sp³-hybridized carbons (Fsp3) is 0.333. The summed E-state index contributed by atoms with van der Waals surface area (Å²) in [6.07, 6.45) is 4.55. The monoisotopic (exact) mass is 436 g/mol. The van der Waals surface area contributed by atoms with Gasteiger partial charge in [-0.25, -0.2) is 4.98 Å². The number of halogens is 1. The van der Waals surface area contributed by atoms with Crippen molar-refractivity contribution in [1.82, 2.24) is 9.97 Å². The number of nitrogens with zero attached hydrogens (tertiary/aromatic N) is 4. The number of fused-ring (bicyclic) bond motifs is 2. The average molecular weight is 437 g/mol. The molecule has 0 bridgehead atoms. The summed E-state index contributed by atoms with van der Waals surface area (Å²) in [5.74, 6) is 0. The molecule has 1 aromatic carbocycles. The fourth-order valence-corrected chi connectivity index (χ4v) is 3.91. The molecule has 0 unspecified atom stereocenters. The van der Waals surface area contributed by atoms with Gasteiger partial charge in [0.2, 0.25) is 0 Å². The van der Waals surface area contributed by atoms with E-state index in [0.717, 1.165) is 76.5 Å². The minimum Gasteiger partial charge on any atom is -0.399 e. The normalized spacial score (nSPS) is 15.2. The first-order valence-corrected chi connectivity index (χ1v) is 10.8. The van der Waals surface area contributed by atoms with Gasteiger partial charge in [0.15, 0.2) is 0 Å². The molecule has 2 heterocycles. The molecule has 0 fully saturated rings. The predicted molar refractivity (Wildman–Crippen MR) is 124 cm³/mol. The Morgan fingerprint density at radius 3 is 2.90 bits per heavy atom. The van der Waals surface area contributed by atoms with E-state index in [2.05, 4.69) is 21.4 Å². The molecule has 6 nitrogen and oxygen atoms in total. The smallest absolute Gasteiger partial charge is 0.117 e. The van der Waals surface area contributed by atoms with E-state index in [1.807, 2.05) is 43.3 Å². The van der Waals surface area contributed by atoms with Gasteiger partial charge in [0.05, 0.1) is 16.9 Å². The molecule has 0 radical (unpaired) electrons. The quantitative estimate of drug-likeness (QED) is 0.284. The van der Waals surface area contributed by atoms with Crippen molar-refractivity contribution >= 4 is 33.9 Å². The van der Waals surface area contributed by atoms with Gasteiger partial charge >= 0.3 is 0 Å². The van der Waals surface area contributed by atoms with Gasteiger partial charge in [-0.05, 0) is 81.0 Å². The Kier molecular flexibility index (Phi) is 6.77. The maximum atomic E-state index is 6.12. The SMILES string of the molecule is CON=C(C)c1cccc(CCCON=C2CCCc3cc4cc(Cl)ccc4nc32)n1. The zero-order valence-corrected chi connectivity index (χ0v) is 18.5. The van der Waals surface area contributed by atoms with Crippen molar-refractivity contribution < 1.29 is 9.68 Å². The van der Waals surface area contributed by atoms with Crippen LogP contribution in [0.2, 0.25) is 5.02 Å². The summed E-state index contributed by atoms with van der Waals surface area (Å²) in [4.78, 5) is 19.9. The van der Waals surface area contributed by atoms with E-state index in [9.17, 15) is 0 Å². The maximum absolute atomic E-state index is 6.12. The zero-order valence-electron chi connectivity index (χ0n) is 17.8. The standard InChI is InChI=1S/C24H25ClN4O2/c1-16(28-30-2)21-9-4-7-20(26-21)8-5-13-31-29-23-10-3-6-17-14-18-15-19(25)11-12-22(18)27-24(17)23/h4,7,9,11-12,14-15H,3,5-6,8,10,13H2,1-2H3. The molecule has 31 heavy (non-hydrogen) atoms. The van der Waals surface area contributed by atoms with E-state index in [1.54, 1.807) is 0 Å². The lowest BCUT2D eigenvalue weighted by atomic mass is 9.93. The number of pyridine rings is 2. The number of rotatable bonds is 7. The van der Waals surface area contributed by atoms with Crippen LogP contribution in [0.4, 0.5) is 0 Å². The van der Waals surface area contributed by atoms with Crippen LogP contribution in [0.3, 0.4) is 0 Å². The van der Waals surface area contributed by atoms with Crippen LogP contribution in [-0.4, -0.2) is 35.1 Å². The van der Waals surface area contributed by atoms with Crippen LogP contribution in [0.15, 0.2) is 52.8 Å². The van der Waals surface area contributed by atoms with E-state index in [4.69, 9.17) is 26.3 Å². The van der Waals surface area contributed by atoms with Gasteiger partial charge in [-0.3, -0.25) is 4.98 Å². The topological polar surface area (TPSA) is 69.0 Å². The molecule has 0 amide bonds. The van der Waals surface area contributed by atoms with Crippen molar-refractivity contribution in [2.75, 3.05) is 13.7 Å². The van der Waals surface area contributed by atoms with Crippen LogP contribution in [0.1, 0.15) is 48.8 Å². The fourth-order valence-electron chi connectivity index (χ4n) is 3.73. The molecule has 3 aromatic rings. The Morgan fingerprint density at radius 2 is 2.03 bits per heavy atom. The Labute approximate surface area is 186 Å². The van der Waals surface area contributed by atoms with Gasteiger partial charge in [-0.15, -0.1) is 0 Å². The second-order valence-corrected chi connectivity index (χ2v) is 7.97. The van der Waals surface area contributed by atoms with E-state index in [0.29, 0.717) is 6.61 Å². The van der Waals surface area contributed by atoms with Gasteiger partial charge < -0.3 is 9.68 Å². The van der Waals surface area contributed by atoms with Crippen molar-refractivity contribution in [2.45, 2.75) is 39.0 Å². The Balaban J connectivity index is 1.38. The third-order valence-corrected chi connectivity index (χ3v) is 5.47. The lowest BCUT2D eigenvalue weighted by Crippen LogP contribution is -2.15. The summed E-state index contributed by atoms with van der Waals surface area (Å²) in [6, 6.07) is 13.9. The third-order valence-electron chi connectivity index (χ3n) is 5.24. The number of hydrogen-bond acceptors (Lipinski definition) is 6. The number of aryl methyl sites for hydroxylation is 2. The van der Waals surface area contributed by atoms with Crippen LogP contribution in [-0.2, 0) is 22.5 Å². The second kappa shape index (κ2) is 9.88. The number of aromatic nitrogens is 2. The highest BCUT2D eigenvalue weighted by atomic mass is 35.5. The highest BCUT2D eigenvalue weighted by Gasteiger charge is 2.19. The molecule has 0 aliphatic heterocycles. The summed E-state index contributed by atoms with van der Waals surface area (Å²) in [5.41, 5.74) is 6.57. The van der Waals surface area contributed by atoms with E-state index in [1.165, 1.54) is 12.7 Å². The second-order valence-electron chi connectivity index (χ2n) is 7.53. The lowest BCUT2D eigenvalue weighted by Gasteiger charge is -2.17. The zero-order chi connectivity index (χ0) is 21.6. The Hall–Kier alpha value is -2.99. The molecule has 0 atom stereocenters. The van der Waals surface area contributed by atoms with Gasteiger partial charge in [0.1, 0.15) is 25.1 Å². The number of oxime groups is 2. The van der Waals surface area contributed by atoms with Crippen molar-refractivity contribution in [3.8, 4) is 0 Å². The summed E-state index contributed by atoms with van der Waals surface area (Å²) in [6.45, 7) is 2.40. The summed E-state index contributed by atoms with van der Waals surface area (Å²) in [7, 11) is 1.53. The molecule has 7 heteroatoms. The number of hydrogen-bond donors (Lipinski definition) is 0. The average Bonchev–Trinajstić information content (AvgIpc) is 2.78. The highest BCUT2D eigenvalue weighted by Crippen LogP contribution is 2.26. The summed E-state index contributed by atoms with van der Waals surface area (Å²) < 4.78 is 0. The highest BCUT2D eigenvalue weighted by molar-refractivity contribution is 6.31. The van der Waals surface area contributed by atoms with Gasteiger partial charge in [-0.1, -0.05) is 28.0 Å². The number of benzene rings is 1. The van der Waals surface area contributed by atoms with Crippen molar-refractivity contribution in [1.29, 1.82) is 0 Å². The van der Waals surface area contributed by atoms with E-state index < -0.39 is 0 Å². The molecule has 1 aliphatic carbocycles. The van der Waals surface area contributed by atoms with Gasteiger partial charge in [0.25, 0.3) is 0 Å². The van der Waals surface area contributed by atoms with Crippen LogP contribution in [0.25, 0.3) is 10.9 Å². The molecular weight excluding hydrogens is 412 g/mol. The van der Waals surface area contributed by atoms with Crippen molar-refractivity contribution in [3.05, 3.63) is 70.1 Å². The molecule has 1 aliphatic rings. The molecule has 0 saturated heterocycles. The first-order valence-electron chi connectivity index (χ1n) is 10.5. The van der Waals surface area contributed by atoms with Crippen molar-refractivity contribution in [3.63, 3.8) is 0 Å². The molecule has 4 rings (SSSR count). The minimum absolute atomic E-state index is 0.527. The molecule has 160 valence electrons. The Bertz CT molecular complexity index is 1140. The van der Waals surface area contributed by atoms with E-state index >= 15 is 0 Å². The Morgan fingerprint density at radius 1 is 1.13 bits per heavy atom. The molecule has 0 spiro atoms. The maximum Gasteiger partial charge on any atom is 0.117 e. The lowest BCUT2D eigenvalue weighted by molar-refractivity contribution is 0.141. The summed E-state index contributed by atoms with van der Waals surface area (Å²) in [5, 5.41) is 10.1. The molecule has 2 aromatic heterocycles. The van der Waals surface area contributed by atoms with Gasteiger partial charge in [0, 0.05) is 16.1 Å². The molecule has 0 N–H and O–H groups in total. The van der Waals surface area contributed by atoms with Crippen molar-refractivity contribution in [2.24, 2.45) is 10.3 Å². The minimum atomic E-state index is 0.527. The predicted octanol–water partition coefficient (Wildman–Crippen LogP) is 5.34. The first kappa shape index (κ1) is 21.2. The molecule has 0 saturated carbocycles. The van der Waals surface area contributed by atoms with E-state index in [-0.39, 0.29) is 0 Å². The first-order chi connectivity index (χ1) is 15.1. The van der Waals surface area contributed by atoms with Crippen LogP contribution in [0.5, 0.6) is 0 Å². The van der Waals surface area contributed by atoms with Gasteiger partial charge in [-0.2, -0.15) is 0 Å². The van der Waals surface area contributed by atoms with Crippen LogP contribution in [0, 0.1) is 0 Å². The van der Waals surface area contributed by atoms with Crippen LogP contribution < -0.4 is 0 Å². The largest absolute Gasteiger partial charge is 0.399 e. The third kappa shape index (κ3) is 5.20. The van der Waals surface area contributed by atoms with Crippen LogP contribution >= 0.6 is 11.6 Å². The summed E-state index contributed by atoms with van der Waals surface area (Å²) >= 11 is 6.12. The molecular formula is C24H25ClN4O2.